The molecule has 0 bridgehead atoms. The number of likely N-dealkylation sites (tertiary alicyclic amines) is 3. The number of β-amino-alcohol motifs (C(OH)–C–C–N with tert-alkyl or cyclic N) is 1. The number of nitrogens with two attached hydrogens (primary N) is 1. The van der Waals surface area contributed by atoms with Crippen molar-refractivity contribution in [3.8, 4) is 33.3 Å². The molecule has 0 radical (unpaired) electrons. The van der Waals surface area contributed by atoms with Gasteiger partial charge in [0.05, 0.1) is 58.4 Å². The molecule has 80 heavy (non-hydrogen) atoms. The van der Waals surface area contributed by atoms with Crippen LogP contribution in [0.2, 0.25) is 0 Å². The number of amides is 2. The fourth-order valence-electron chi connectivity index (χ4n) is 13.8. The number of piperidine rings is 3. The van der Waals surface area contributed by atoms with Gasteiger partial charge in [0.1, 0.15) is 17.7 Å². The number of ether oxygens (including phenoxy) is 2. The highest BCUT2D eigenvalue weighted by molar-refractivity contribution is 7.13. The molecule has 1 aliphatic carbocycles. The minimum Gasteiger partial charge on any atom is -0.507 e. The van der Waals surface area contributed by atoms with Crippen molar-refractivity contribution in [2.75, 3.05) is 95.8 Å². The van der Waals surface area contributed by atoms with Crippen LogP contribution in [0, 0.1) is 30.6 Å². The molecule has 8 heterocycles. The number of carbonyl (C=O) groups excluding carboxylic acids is 2. The molecule has 5 aromatic rings. The summed E-state index contributed by atoms with van der Waals surface area (Å²) in [5.41, 5.74) is 13.2. The van der Waals surface area contributed by atoms with Gasteiger partial charge >= 0.3 is 0 Å². The lowest BCUT2D eigenvalue weighted by molar-refractivity contribution is -0.141. The van der Waals surface area contributed by atoms with E-state index in [0.29, 0.717) is 41.2 Å². The Hall–Kier alpha value is -5.70. The molecule has 1 spiro atoms. The zero-order chi connectivity index (χ0) is 55.5. The first-order valence-electron chi connectivity index (χ1n) is 29.6. The van der Waals surface area contributed by atoms with Crippen LogP contribution in [0.1, 0.15) is 114 Å². The van der Waals surface area contributed by atoms with Gasteiger partial charge < -0.3 is 54.9 Å². The highest BCUT2D eigenvalue weighted by atomic mass is 32.1. The molecule has 18 nitrogen and oxygen atoms in total. The fraction of sp³-hybridized carbons (Fsp3) is 0.607. The third kappa shape index (κ3) is 12.8. The first kappa shape index (κ1) is 56.2. The summed E-state index contributed by atoms with van der Waals surface area (Å²) in [6.45, 7) is 20.0. The zero-order valence-corrected chi connectivity index (χ0v) is 48.1. The molecule has 11 rings (SSSR count). The van der Waals surface area contributed by atoms with Crippen molar-refractivity contribution in [3.63, 3.8) is 0 Å². The number of carbonyl (C=O) groups is 2. The van der Waals surface area contributed by atoms with E-state index in [9.17, 15) is 19.8 Å². The Kier molecular flexibility index (Phi) is 17.4. The van der Waals surface area contributed by atoms with E-state index in [4.69, 9.17) is 19.7 Å². The number of aromatic hydroxyl groups is 1. The Balaban J connectivity index is 0.564. The number of thiazole rings is 1. The van der Waals surface area contributed by atoms with E-state index >= 15 is 0 Å². The molecule has 5 saturated heterocycles. The molecule has 430 valence electrons. The molecule has 5 N–H and O–H groups in total. The van der Waals surface area contributed by atoms with E-state index in [1.165, 1.54) is 63.1 Å². The van der Waals surface area contributed by atoms with Crippen molar-refractivity contribution >= 4 is 34.7 Å². The Bertz CT molecular complexity index is 2870. The largest absolute Gasteiger partial charge is 0.507 e. The molecule has 3 aromatic heterocycles. The van der Waals surface area contributed by atoms with Gasteiger partial charge in [0.15, 0.2) is 11.6 Å². The van der Waals surface area contributed by atoms with Crippen LogP contribution in [-0.2, 0) is 14.3 Å². The molecule has 2 aromatic carbocycles. The number of aryl methyl sites for hydroxylation is 1. The van der Waals surface area contributed by atoms with Gasteiger partial charge in [-0.25, -0.2) is 4.98 Å². The first-order valence-corrected chi connectivity index (χ1v) is 30.5. The van der Waals surface area contributed by atoms with Crippen LogP contribution in [0.25, 0.3) is 21.7 Å². The van der Waals surface area contributed by atoms with Crippen LogP contribution in [0.5, 0.6) is 11.6 Å². The van der Waals surface area contributed by atoms with Gasteiger partial charge in [-0.05, 0) is 156 Å². The number of rotatable bonds is 18. The van der Waals surface area contributed by atoms with E-state index in [-0.39, 0.29) is 48.1 Å². The van der Waals surface area contributed by atoms with E-state index in [2.05, 4.69) is 45.3 Å². The average molecular weight is 1110 g/mol. The number of aliphatic hydroxyl groups is 1. The standard InChI is InChI=1S/C61H83N11O7S/c1-39(2)56(60(76)72-36-48(73)31-52(72)59(75)64-40(3)45-9-11-46(12-10-45)57-41(4)63-38-80-57)54-33-55(67-79-54)77-27-17-42-13-20-68(21-14-42)35-44-29-47(30-44)70-22-15-43(16-23-70)34-69-26-28-78-61(37-69)18-24-71(25-19-61)51-32-50(65-66-58(51)62)49-7-5-6-8-53(49)74/h5-12,32-33,38-40,42-44,47-48,52,56,73-74H,13-31,34-37H2,1-4H3,(H2,62,66)(H,64,75)/t40-,44?,47?,48+,52-,56+/m0/s1. The number of phenolic OH excluding ortho intramolecular Hbond substituents is 1. The van der Waals surface area contributed by atoms with Gasteiger partial charge in [-0.3, -0.25) is 14.5 Å². The number of aromatic nitrogens is 4. The first-order chi connectivity index (χ1) is 38.7. The molecule has 6 fully saturated rings. The second-order valence-corrected chi connectivity index (χ2v) is 25.3. The molecule has 5 aliphatic heterocycles. The maximum Gasteiger partial charge on any atom is 0.254 e. The van der Waals surface area contributed by atoms with Crippen LogP contribution < -0.4 is 20.7 Å². The number of hydrogen-bond donors (Lipinski definition) is 4. The predicted octanol–water partition coefficient (Wildman–Crippen LogP) is 7.77. The number of nitrogens with one attached hydrogen (secondary N) is 1. The maximum absolute atomic E-state index is 14.3. The highest BCUT2D eigenvalue weighted by Crippen LogP contribution is 2.40. The summed E-state index contributed by atoms with van der Waals surface area (Å²) in [5.74, 6) is 2.09. The van der Waals surface area contributed by atoms with Crippen molar-refractivity contribution in [1.29, 1.82) is 0 Å². The average Bonchev–Trinajstić information content (AvgIpc) is 4.21. The molecule has 1 saturated carbocycles. The summed E-state index contributed by atoms with van der Waals surface area (Å²) in [6, 6.07) is 18.6. The lowest BCUT2D eigenvalue weighted by Gasteiger charge is -2.49. The monoisotopic (exact) mass is 1110 g/mol. The lowest BCUT2D eigenvalue weighted by atomic mass is 9.77. The van der Waals surface area contributed by atoms with Gasteiger partial charge in [0.25, 0.3) is 5.88 Å². The molecular weight excluding hydrogens is 1030 g/mol. The van der Waals surface area contributed by atoms with E-state index in [1.807, 2.05) is 75.7 Å². The van der Waals surface area contributed by atoms with Crippen LogP contribution in [-0.4, -0.2) is 171 Å². The van der Waals surface area contributed by atoms with Crippen molar-refractivity contribution < 1.29 is 33.8 Å². The minimum atomic E-state index is -0.807. The van der Waals surface area contributed by atoms with E-state index in [0.717, 1.165) is 117 Å². The zero-order valence-electron chi connectivity index (χ0n) is 47.3. The molecule has 19 heteroatoms. The van der Waals surface area contributed by atoms with Gasteiger partial charge in [0, 0.05) is 69.9 Å². The Morgan fingerprint density at radius 1 is 0.887 bits per heavy atom. The van der Waals surface area contributed by atoms with Crippen LogP contribution in [0.15, 0.2) is 70.7 Å². The Labute approximate surface area is 475 Å². The number of phenols is 1. The van der Waals surface area contributed by atoms with Crippen molar-refractivity contribution in [3.05, 3.63) is 83.2 Å². The third-order valence-corrected chi connectivity index (χ3v) is 19.6. The SMILES string of the molecule is Cc1ncsc1-c1ccc([C@H](C)NC(=O)[C@@H]2C[C@@H](O)CN2C(=O)[C@@H](c2cc(OCCC3CCN(CC4CC(N5CCC(CN6CCOC7(CCN(c8cc(-c9ccccc9O)nnc8N)CC7)C6)CC5)C4)CC3)no2)C(C)C)cc1. The number of para-hydroxylation sites is 1. The van der Waals surface area contributed by atoms with Crippen molar-refractivity contribution in [2.45, 2.75) is 128 Å². The lowest BCUT2D eigenvalue weighted by Crippen LogP contribution is -2.58. The number of benzene rings is 2. The van der Waals surface area contributed by atoms with Gasteiger partial charge in [-0.2, -0.15) is 0 Å². The third-order valence-electron chi connectivity index (χ3n) is 18.6. The number of aliphatic hydroxyl groups excluding tert-OH is 1. The van der Waals surface area contributed by atoms with Crippen LogP contribution >= 0.6 is 11.3 Å². The number of nitrogen functional groups attached to an aromatic ring is 1. The molecule has 2 amide bonds. The summed E-state index contributed by atoms with van der Waals surface area (Å²) in [5, 5.41) is 37.0. The number of nitrogens with zero attached hydrogens (tertiary/aromatic N) is 9. The second kappa shape index (κ2) is 24.8. The summed E-state index contributed by atoms with van der Waals surface area (Å²) in [4.78, 5) is 45.5. The number of anilines is 2. The van der Waals surface area contributed by atoms with Crippen molar-refractivity contribution in [1.82, 2.24) is 45.3 Å². The summed E-state index contributed by atoms with van der Waals surface area (Å²) >= 11 is 1.60. The quantitative estimate of drug-likeness (QED) is 0.0660. The molecule has 4 atom stereocenters. The predicted molar refractivity (Wildman–Crippen MR) is 309 cm³/mol. The van der Waals surface area contributed by atoms with Crippen LogP contribution in [0.4, 0.5) is 11.5 Å². The van der Waals surface area contributed by atoms with E-state index in [1.54, 1.807) is 29.5 Å². The number of hydrogen-bond acceptors (Lipinski definition) is 17. The molecule has 6 aliphatic rings. The molecular formula is C61H83N11O7S. The molecule has 0 unspecified atom stereocenters. The van der Waals surface area contributed by atoms with Gasteiger partial charge in [-0.1, -0.05) is 50.2 Å². The second-order valence-electron chi connectivity index (χ2n) is 24.4. The minimum absolute atomic E-state index is 0.0754. The maximum atomic E-state index is 14.3. The number of morpholine rings is 1. The topological polar surface area (TPSA) is 212 Å². The Morgan fingerprint density at radius 2 is 1.62 bits per heavy atom. The highest BCUT2D eigenvalue weighted by Gasteiger charge is 2.45. The Morgan fingerprint density at radius 3 is 2.35 bits per heavy atom. The van der Waals surface area contributed by atoms with Crippen LogP contribution in [0.3, 0.4) is 0 Å². The van der Waals surface area contributed by atoms with Gasteiger partial charge in [0.2, 0.25) is 11.8 Å². The van der Waals surface area contributed by atoms with Gasteiger partial charge in [-0.15, -0.1) is 21.5 Å². The fourth-order valence-corrected chi connectivity index (χ4v) is 14.6. The summed E-state index contributed by atoms with van der Waals surface area (Å²) in [6.07, 6.45) is 9.71. The normalized spacial score (nSPS) is 24.3. The van der Waals surface area contributed by atoms with Crippen molar-refractivity contribution in [2.24, 2.45) is 23.7 Å². The summed E-state index contributed by atoms with van der Waals surface area (Å²) < 4.78 is 18.5. The van der Waals surface area contributed by atoms with E-state index < -0.39 is 18.1 Å². The summed E-state index contributed by atoms with van der Waals surface area (Å²) in [7, 11) is 0. The smallest absolute Gasteiger partial charge is 0.254 e.